The second-order valence-corrected chi connectivity index (χ2v) is 6.67. The summed E-state index contributed by atoms with van der Waals surface area (Å²) in [6.07, 6.45) is 0.957. The van der Waals surface area contributed by atoms with Gasteiger partial charge in [0.1, 0.15) is 0 Å². The number of rotatable bonds is 3. The maximum atomic E-state index is 10.2. The number of ether oxygens (including phenoxy) is 2. The fraction of sp³-hybridized carbons (Fsp3) is 0.400. The first kappa shape index (κ1) is 16.5. The van der Waals surface area contributed by atoms with Crippen molar-refractivity contribution >= 4 is 0 Å². The normalized spacial score (nSPS) is 22.8. The van der Waals surface area contributed by atoms with E-state index < -0.39 is 0 Å². The average Bonchev–Trinajstić information content (AvgIpc) is 2.57. The molecule has 0 bridgehead atoms. The molecule has 0 aliphatic heterocycles. The van der Waals surface area contributed by atoms with Crippen molar-refractivity contribution in [2.24, 2.45) is 11.8 Å². The van der Waals surface area contributed by atoms with Gasteiger partial charge in [-0.3, -0.25) is 0 Å². The molecule has 3 atom stereocenters. The van der Waals surface area contributed by atoms with Gasteiger partial charge in [0.05, 0.1) is 14.2 Å². The predicted molar refractivity (Wildman–Crippen MR) is 93.2 cm³/mol. The summed E-state index contributed by atoms with van der Waals surface area (Å²) in [5.74, 6) is 2.31. The minimum Gasteiger partial charge on any atom is -0.504 e. The maximum absolute atomic E-state index is 10.2. The Kier molecular flexibility index (Phi) is 4.31. The number of fused-ring (bicyclic) bond motifs is 1. The van der Waals surface area contributed by atoms with E-state index in [4.69, 9.17) is 9.47 Å². The van der Waals surface area contributed by atoms with Crippen LogP contribution < -0.4 is 9.47 Å². The number of phenols is 2. The number of hydrogen-bond donors (Lipinski definition) is 2. The summed E-state index contributed by atoms with van der Waals surface area (Å²) in [4.78, 5) is 0. The van der Waals surface area contributed by atoms with E-state index in [-0.39, 0.29) is 17.4 Å². The molecule has 2 aromatic carbocycles. The second kappa shape index (κ2) is 6.27. The van der Waals surface area contributed by atoms with Gasteiger partial charge in [-0.1, -0.05) is 19.9 Å². The molecule has 128 valence electrons. The van der Waals surface area contributed by atoms with Crippen LogP contribution in [0.5, 0.6) is 23.0 Å². The van der Waals surface area contributed by atoms with E-state index in [1.165, 1.54) is 5.56 Å². The van der Waals surface area contributed by atoms with E-state index >= 15 is 0 Å². The Bertz CT molecular complexity index is 754. The monoisotopic (exact) mass is 328 g/mol. The van der Waals surface area contributed by atoms with Gasteiger partial charge in [0.25, 0.3) is 0 Å². The van der Waals surface area contributed by atoms with Crippen LogP contribution >= 0.6 is 0 Å². The Labute approximate surface area is 142 Å². The number of benzene rings is 2. The highest BCUT2D eigenvalue weighted by atomic mass is 16.5. The minimum atomic E-state index is 0.134. The number of methoxy groups -OCH3 is 2. The molecule has 0 saturated carbocycles. The van der Waals surface area contributed by atoms with E-state index in [2.05, 4.69) is 13.8 Å². The summed E-state index contributed by atoms with van der Waals surface area (Å²) >= 11 is 0. The molecule has 0 amide bonds. The zero-order valence-electron chi connectivity index (χ0n) is 14.5. The lowest BCUT2D eigenvalue weighted by atomic mass is 9.68. The molecule has 2 aromatic rings. The summed E-state index contributed by atoms with van der Waals surface area (Å²) in [5, 5.41) is 20.1. The highest BCUT2D eigenvalue weighted by Crippen LogP contribution is 2.47. The highest BCUT2D eigenvalue weighted by molar-refractivity contribution is 5.53. The third-order valence-corrected chi connectivity index (χ3v) is 5.30. The largest absolute Gasteiger partial charge is 0.504 e. The van der Waals surface area contributed by atoms with Gasteiger partial charge < -0.3 is 19.7 Å². The van der Waals surface area contributed by atoms with Crippen LogP contribution in [-0.2, 0) is 6.42 Å². The van der Waals surface area contributed by atoms with Crippen molar-refractivity contribution in [2.45, 2.75) is 26.2 Å². The van der Waals surface area contributed by atoms with Crippen molar-refractivity contribution in [1.29, 1.82) is 0 Å². The molecule has 0 heterocycles. The van der Waals surface area contributed by atoms with E-state index in [0.717, 1.165) is 17.5 Å². The average molecular weight is 328 g/mol. The molecule has 0 aromatic heterocycles. The second-order valence-electron chi connectivity index (χ2n) is 6.67. The lowest BCUT2D eigenvalue weighted by molar-refractivity contribution is 0.319. The molecule has 1 aliphatic carbocycles. The van der Waals surface area contributed by atoms with E-state index in [1.54, 1.807) is 20.3 Å². The van der Waals surface area contributed by atoms with Crippen LogP contribution in [0.1, 0.15) is 36.5 Å². The number of phenolic OH excluding ortho intramolecular Hbond substituents is 2. The van der Waals surface area contributed by atoms with Crippen LogP contribution in [0, 0.1) is 11.8 Å². The Morgan fingerprint density at radius 1 is 0.917 bits per heavy atom. The summed E-state index contributed by atoms with van der Waals surface area (Å²) in [6, 6.07) is 9.25. The lowest BCUT2D eigenvalue weighted by Gasteiger charge is -2.37. The van der Waals surface area contributed by atoms with Gasteiger partial charge in [-0.05, 0) is 59.2 Å². The molecule has 0 spiro atoms. The van der Waals surface area contributed by atoms with E-state index in [1.807, 2.05) is 24.3 Å². The first-order chi connectivity index (χ1) is 11.5. The van der Waals surface area contributed by atoms with Crippen LogP contribution in [0.2, 0.25) is 0 Å². The van der Waals surface area contributed by atoms with Gasteiger partial charge in [0, 0.05) is 5.92 Å². The van der Waals surface area contributed by atoms with Crippen LogP contribution in [0.4, 0.5) is 0 Å². The Morgan fingerprint density at radius 3 is 2.25 bits per heavy atom. The number of aromatic hydroxyl groups is 2. The Balaban J connectivity index is 2.15. The van der Waals surface area contributed by atoms with Gasteiger partial charge in [0.15, 0.2) is 23.0 Å². The highest BCUT2D eigenvalue weighted by Gasteiger charge is 2.34. The molecule has 0 fully saturated rings. The van der Waals surface area contributed by atoms with Gasteiger partial charge >= 0.3 is 0 Å². The Hall–Kier alpha value is -2.36. The van der Waals surface area contributed by atoms with Crippen LogP contribution in [0.3, 0.4) is 0 Å². The van der Waals surface area contributed by atoms with E-state index in [9.17, 15) is 10.2 Å². The molecule has 0 radical (unpaired) electrons. The molecule has 4 nitrogen and oxygen atoms in total. The third kappa shape index (κ3) is 2.66. The lowest BCUT2D eigenvalue weighted by Crippen LogP contribution is -2.26. The molecule has 2 N–H and O–H groups in total. The molecule has 1 aliphatic rings. The number of hydrogen-bond acceptors (Lipinski definition) is 4. The molecule has 24 heavy (non-hydrogen) atoms. The van der Waals surface area contributed by atoms with Crippen molar-refractivity contribution in [3.63, 3.8) is 0 Å². The molecule has 4 heteroatoms. The van der Waals surface area contributed by atoms with Crippen molar-refractivity contribution in [3.8, 4) is 23.0 Å². The van der Waals surface area contributed by atoms with Gasteiger partial charge in [-0.25, -0.2) is 0 Å². The first-order valence-electron chi connectivity index (χ1n) is 8.23. The fourth-order valence-electron chi connectivity index (χ4n) is 3.77. The summed E-state index contributed by atoms with van der Waals surface area (Å²) < 4.78 is 10.5. The molecule has 3 rings (SSSR count). The van der Waals surface area contributed by atoms with Crippen LogP contribution in [-0.4, -0.2) is 24.4 Å². The first-order valence-corrected chi connectivity index (χ1v) is 8.23. The fourth-order valence-corrected chi connectivity index (χ4v) is 3.77. The summed E-state index contributed by atoms with van der Waals surface area (Å²) in [6.45, 7) is 4.48. The summed E-state index contributed by atoms with van der Waals surface area (Å²) in [7, 11) is 3.12. The third-order valence-electron chi connectivity index (χ3n) is 5.30. The summed E-state index contributed by atoms with van der Waals surface area (Å²) in [5.41, 5.74) is 3.40. The molecular weight excluding hydrogens is 304 g/mol. The van der Waals surface area contributed by atoms with Crippen molar-refractivity contribution in [3.05, 3.63) is 47.0 Å². The maximum Gasteiger partial charge on any atom is 0.160 e. The minimum absolute atomic E-state index is 0.134. The van der Waals surface area contributed by atoms with Gasteiger partial charge in [-0.15, -0.1) is 0 Å². The van der Waals surface area contributed by atoms with E-state index in [0.29, 0.717) is 23.3 Å². The molecule has 0 saturated heterocycles. The van der Waals surface area contributed by atoms with Gasteiger partial charge in [-0.2, -0.15) is 0 Å². The smallest absolute Gasteiger partial charge is 0.160 e. The standard InChI is InChI=1S/C20H24O4/c1-11-7-14-9-19(24-4)17(22)10-15(14)20(12(11)2)13-5-6-16(21)18(8-13)23-3/h5-6,8-12,20-22H,7H2,1-4H3/t11-,12+,20+/m0/s1. The van der Waals surface area contributed by atoms with Crippen molar-refractivity contribution < 1.29 is 19.7 Å². The van der Waals surface area contributed by atoms with Crippen molar-refractivity contribution in [1.82, 2.24) is 0 Å². The quantitative estimate of drug-likeness (QED) is 0.891. The molecular formula is C20H24O4. The van der Waals surface area contributed by atoms with Crippen LogP contribution in [0.25, 0.3) is 0 Å². The van der Waals surface area contributed by atoms with Crippen molar-refractivity contribution in [2.75, 3.05) is 14.2 Å². The zero-order valence-corrected chi connectivity index (χ0v) is 14.5. The van der Waals surface area contributed by atoms with Gasteiger partial charge in [0.2, 0.25) is 0 Å². The predicted octanol–water partition coefficient (Wildman–Crippen LogP) is 4.08. The topological polar surface area (TPSA) is 58.9 Å². The zero-order chi connectivity index (χ0) is 17.4. The molecule has 0 unspecified atom stereocenters. The Morgan fingerprint density at radius 2 is 1.58 bits per heavy atom. The van der Waals surface area contributed by atoms with Crippen LogP contribution in [0.15, 0.2) is 30.3 Å². The SMILES string of the molecule is COc1cc([C@@H]2c3cc(O)c(OC)cc3C[C@H](C)[C@H]2C)ccc1O.